The Morgan fingerprint density at radius 2 is 1.57 bits per heavy atom. The van der Waals surface area contributed by atoms with Crippen LogP contribution in [0.2, 0.25) is 0 Å². The van der Waals surface area contributed by atoms with Crippen LogP contribution in [0.5, 0.6) is 5.75 Å². The first-order valence-corrected chi connectivity index (χ1v) is 8.55. The number of carbonyl (C=O) groups excluding carboxylic acids is 3. The third kappa shape index (κ3) is 4.54. The molecule has 21 heavy (non-hydrogen) atoms. The minimum Gasteiger partial charge on any atom is -0.506 e. The predicted octanol–water partition coefficient (Wildman–Crippen LogP) is 2.37. The molecule has 1 rings (SSSR count). The highest BCUT2D eigenvalue weighted by molar-refractivity contribution is 14.1. The average Bonchev–Trinajstić information content (AvgIpc) is 2.39. The van der Waals surface area contributed by atoms with E-state index < -0.39 is 11.9 Å². The summed E-state index contributed by atoms with van der Waals surface area (Å²) in [5, 5.41) is 12.6. The Hall–Kier alpha value is -0.380. The van der Waals surface area contributed by atoms with Gasteiger partial charge < -0.3 is 15.3 Å². The maximum absolute atomic E-state index is 12.0. The van der Waals surface area contributed by atoms with Crippen LogP contribution in [0.3, 0.4) is 0 Å². The van der Waals surface area contributed by atoms with Crippen molar-refractivity contribution >= 4 is 91.2 Å². The number of rotatable bonds is 2. The zero-order chi connectivity index (χ0) is 16.3. The number of phenolic OH excluding ortho intramolecular Hbond substituents is 1. The molecule has 0 bridgehead atoms. The van der Waals surface area contributed by atoms with E-state index >= 15 is 0 Å². The van der Waals surface area contributed by atoms with Gasteiger partial charge in [-0.15, -0.1) is 0 Å². The molecular formula is C11H9I3N2O5. The molecule has 0 heterocycles. The first-order chi connectivity index (χ1) is 9.66. The van der Waals surface area contributed by atoms with Crippen molar-refractivity contribution in [2.24, 2.45) is 0 Å². The van der Waals surface area contributed by atoms with Crippen LogP contribution >= 0.6 is 67.8 Å². The van der Waals surface area contributed by atoms with E-state index in [-0.39, 0.29) is 20.8 Å². The number of amides is 2. The van der Waals surface area contributed by atoms with Gasteiger partial charge in [-0.3, -0.25) is 9.59 Å². The highest BCUT2D eigenvalue weighted by atomic mass is 127. The summed E-state index contributed by atoms with van der Waals surface area (Å²) < 4.78 is 1.09. The van der Waals surface area contributed by atoms with E-state index in [1.54, 1.807) is 22.6 Å². The molecule has 2 amide bonds. The second-order valence-corrected chi connectivity index (χ2v) is 7.01. The van der Waals surface area contributed by atoms with Crippen LogP contribution in [0.1, 0.15) is 24.2 Å². The molecule has 7 nitrogen and oxygen atoms in total. The topological polar surface area (TPSA) is 105 Å². The quantitative estimate of drug-likeness (QED) is 0.344. The standard InChI is InChI=1S/C11H9I3N2O5/c1-3(17)15-9-6(12)5(7(13)10(19)8(9)14)11(20)21-16-4(2)18/h19H,1-2H3,(H,15,17)(H,16,18). The van der Waals surface area contributed by atoms with Gasteiger partial charge in [0.05, 0.1) is 22.0 Å². The summed E-state index contributed by atoms with van der Waals surface area (Å²) in [5.41, 5.74) is 2.30. The molecule has 0 unspecified atom stereocenters. The van der Waals surface area contributed by atoms with Crippen LogP contribution in [0.4, 0.5) is 5.69 Å². The maximum atomic E-state index is 12.0. The molecule has 0 aliphatic heterocycles. The number of phenols is 1. The van der Waals surface area contributed by atoms with Crippen molar-refractivity contribution in [2.75, 3.05) is 5.32 Å². The van der Waals surface area contributed by atoms with Gasteiger partial charge in [-0.2, -0.15) is 5.48 Å². The average molecular weight is 630 g/mol. The number of hydroxylamine groups is 1. The lowest BCUT2D eigenvalue weighted by molar-refractivity contribution is -0.127. The van der Waals surface area contributed by atoms with Gasteiger partial charge in [-0.05, 0) is 67.8 Å². The third-order valence-corrected chi connectivity index (χ3v) is 5.27. The zero-order valence-corrected chi connectivity index (χ0v) is 17.2. The summed E-state index contributed by atoms with van der Waals surface area (Å²) in [5.74, 6) is -1.86. The fourth-order valence-corrected chi connectivity index (χ4v) is 5.16. The number of nitrogens with one attached hydrogen (secondary N) is 2. The minimum absolute atomic E-state index is 0.0617. The van der Waals surface area contributed by atoms with Crippen LogP contribution in [0.25, 0.3) is 0 Å². The summed E-state index contributed by atoms with van der Waals surface area (Å²) in [4.78, 5) is 38.7. The van der Waals surface area contributed by atoms with E-state index in [1.807, 2.05) is 50.7 Å². The molecule has 3 N–H and O–H groups in total. The lowest BCUT2D eigenvalue weighted by atomic mass is 10.2. The van der Waals surface area contributed by atoms with Gasteiger partial charge >= 0.3 is 5.97 Å². The van der Waals surface area contributed by atoms with Crippen molar-refractivity contribution in [3.63, 3.8) is 0 Å². The van der Waals surface area contributed by atoms with E-state index in [2.05, 4.69) is 10.2 Å². The van der Waals surface area contributed by atoms with E-state index in [1.165, 1.54) is 13.8 Å². The normalized spacial score (nSPS) is 9.95. The Bertz CT molecular complexity index is 633. The second-order valence-electron chi connectivity index (χ2n) is 3.77. The Morgan fingerprint density at radius 1 is 1.00 bits per heavy atom. The fourth-order valence-electron chi connectivity index (χ4n) is 1.29. The van der Waals surface area contributed by atoms with E-state index in [9.17, 15) is 19.5 Å². The first-order valence-electron chi connectivity index (χ1n) is 5.31. The van der Waals surface area contributed by atoms with Gasteiger partial charge in [0.15, 0.2) is 0 Å². The lowest BCUT2D eigenvalue weighted by Gasteiger charge is -2.15. The number of carbonyl (C=O) groups is 3. The molecule has 0 spiro atoms. The number of hydrogen-bond donors (Lipinski definition) is 3. The van der Waals surface area contributed by atoms with Crippen molar-refractivity contribution in [1.29, 1.82) is 0 Å². The monoisotopic (exact) mass is 630 g/mol. The maximum Gasteiger partial charge on any atom is 0.365 e. The van der Waals surface area contributed by atoms with E-state index in [0.717, 1.165) is 0 Å². The number of halogens is 3. The summed E-state index contributed by atoms with van der Waals surface area (Å²) in [7, 11) is 0. The second kappa shape index (κ2) is 7.75. The molecule has 0 aliphatic rings. The Morgan fingerprint density at radius 3 is 2.05 bits per heavy atom. The first kappa shape index (κ1) is 18.7. The van der Waals surface area contributed by atoms with Gasteiger partial charge in [-0.25, -0.2) is 4.79 Å². The van der Waals surface area contributed by atoms with Crippen LogP contribution in [0, 0.1) is 10.7 Å². The molecule has 0 atom stereocenters. The molecule has 0 aromatic heterocycles. The molecule has 0 fully saturated rings. The number of anilines is 1. The number of benzene rings is 1. The minimum atomic E-state index is -0.836. The van der Waals surface area contributed by atoms with Gasteiger partial charge in [0.1, 0.15) is 5.75 Å². The molecule has 10 heteroatoms. The molecular weight excluding hydrogens is 621 g/mol. The number of hydrogen-bond acceptors (Lipinski definition) is 5. The SMILES string of the molecule is CC(=O)NOC(=O)c1c(I)c(O)c(I)c(NC(C)=O)c1I. The Kier molecular flexibility index (Phi) is 6.89. The highest BCUT2D eigenvalue weighted by Crippen LogP contribution is 2.39. The summed E-state index contributed by atoms with van der Waals surface area (Å²) in [6.07, 6.45) is 0. The smallest absolute Gasteiger partial charge is 0.365 e. The summed E-state index contributed by atoms with van der Waals surface area (Å²) in [6, 6.07) is 0. The van der Waals surface area contributed by atoms with Crippen LogP contribution < -0.4 is 10.8 Å². The van der Waals surface area contributed by atoms with Gasteiger partial charge in [0.25, 0.3) is 0 Å². The van der Waals surface area contributed by atoms with Crippen molar-refractivity contribution in [2.45, 2.75) is 13.8 Å². The summed E-state index contributed by atoms with van der Waals surface area (Å²) >= 11 is 5.52. The molecule has 114 valence electrons. The number of aromatic hydroxyl groups is 1. The van der Waals surface area contributed by atoms with E-state index in [0.29, 0.717) is 12.8 Å². The van der Waals surface area contributed by atoms with Crippen molar-refractivity contribution in [3.05, 3.63) is 16.3 Å². The molecule has 0 radical (unpaired) electrons. The van der Waals surface area contributed by atoms with Gasteiger partial charge in [0.2, 0.25) is 11.8 Å². The molecule has 0 saturated carbocycles. The van der Waals surface area contributed by atoms with Crippen molar-refractivity contribution in [3.8, 4) is 5.75 Å². The van der Waals surface area contributed by atoms with Crippen LogP contribution in [-0.4, -0.2) is 22.9 Å². The van der Waals surface area contributed by atoms with Crippen molar-refractivity contribution < 1.29 is 24.3 Å². The Balaban J connectivity index is 3.37. The molecule has 0 aliphatic carbocycles. The molecule has 0 saturated heterocycles. The Labute approximate surface area is 160 Å². The molecule has 1 aromatic rings. The lowest BCUT2D eigenvalue weighted by Crippen LogP contribution is -2.26. The van der Waals surface area contributed by atoms with Crippen LogP contribution in [-0.2, 0) is 14.4 Å². The van der Waals surface area contributed by atoms with Gasteiger partial charge in [-0.1, -0.05) is 0 Å². The van der Waals surface area contributed by atoms with Crippen molar-refractivity contribution in [1.82, 2.24) is 5.48 Å². The fraction of sp³-hybridized carbons (Fsp3) is 0.182. The molecule has 1 aromatic carbocycles. The predicted molar refractivity (Wildman–Crippen MR) is 99.8 cm³/mol. The van der Waals surface area contributed by atoms with Crippen LogP contribution in [0.15, 0.2) is 0 Å². The van der Waals surface area contributed by atoms with Gasteiger partial charge in [0, 0.05) is 13.8 Å². The highest BCUT2D eigenvalue weighted by Gasteiger charge is 2.26. The summed E-state index contributed by atoms with van der Waals surface area (Å²) in [6.45, 7) is 2.51. The zero-order valence-electron chi connectivity index (χ0n) is 10.7. The van der Waals surface area contributed by atoms with E-state index in [4.69, 9.17) is 0 Å². The largest absolute Gasteiger partial charge is 0.506 e. The third-order valence-electron chi connectivity index (χ3n) is 2.09.